The topological polar surface area (TPSA) is 89.2 Å². The first-order chi connectivity index (χ1) is 13.8. The van der Waals surface area contributed by atoms with Crippen molar-refractivity contribution in [2.24, 2.45) is 0 Å². The van der Waals surface area contributed by atoms with E-state index in [2.05, 4.69) is 45.1 Å². The van der Waals surface area contributed by atoms with Crippen molar-refractivity contribution in [2.75, 3.05) is 24.7 Å². The number of H-pyrrole nitrogens is 1. The van der Waals surface area contributed by atoms with Gasteiger partial charge in [0.2, 0.25) is 0 Å². The van der Waals surface area contributed by atoms with Crippen LogP contribution in [0.3, 0.4) is 0 Å². The second-order valence-corrected chi connectivity index (χ2v) is 6.91. The van der Waals surface area contributed by atoms with Gasteiger partial charge in [0.15, 0.2) is 11.5 Å². The monoisotopic (exact) mass is 378 g/mol. The number of anilines is 1. The molecule has 1 aliphatic rings. The number of imidazole rings is 1. The van der Waals surface area contributed by atoms with Gasteiger partial charge in [-0.3, -0.25) is 9.78 Å². The number of fused-ring (bicyclic) bond motifs is 1. The largest absolute Gasteiger partial charge is 0.377 e. The van der Waals surface area contributed by atoms with Crippen molar-refractivity contribution in [1.29, 1.82) is 0 Å². The van der Waals surface area contributed by atoms with E-state index in [9.17, 15) is 0 Å². The van der Waals surface area contributed by atoms with Gasteiger partial charge in [0, 0.05) is 31.0 Å². The highest BCUT2D eigenvalue weighted by Crippen LogP contribution is 2.31. The molecule has 4 aromatic rings. The van der Waals surface area contributed by atoms with Crippen LogP contribution in [0.15, 0.2) is 36.8 Å². The first-order valence-electron chi connectivity index (χ1n) is 9.51. The Morgan fingerprint density at radius 3 is 2.96 bits per heavy atom. The SMILES string of the molecule is CCn1nccc1-c1cc(N2CCOC[C@H]2C)nn2c(-c3ccn[nH]3)cnc12. The Morgan fingerprint density at radius 2 is 2.18 bits per heavy atom. The molecule has 1 atom stereocenters. The number of nitrogens with one attached hydrogen (secondary N) is 1. The molecule has 0 amide bonds. The summed E-state index contributed by atoms with van der Waals surface area (Å²) in [7, 11) is 0. The molecular weight excluding hydrogens is 356 g/mol. The summed E-state index contributed by atoms with van der Waals surface area (Å²) in [5.74, 6) is 0.904. The fourth-order valence-electron chi connectivity index (χ4n) is 3.75. The summed E-state index contributed by atoms with van der Waals surface area (Å²) in [6.07, 6.45) is 5.39. The summed E-state index contributed by atoms with van der Waals surface area (Å²) >= 11 is 0. The van der Waals surface area contributed by atoms with Crippen LogP contribution in [-0.2, 0) is 11.3 Å². The van der Waals surface area contributed by atoms with Crippen molar-refractivity contribution < 1.29 is 4.74 Å². The molecule has 1 fully saturated rings. The third-order valence-electron chi connectivity index (χ3n) is 5.19. The molecule has 0 unspecified atom stereocenters. The van der Waals surface area contributed by atoms with E-state index in [0.29, 0.717) is 13.2 Å². The standard InChI is InChI=1S/C19H22N8O/c1-3-26-16(5-7-22-26)14-10-18(25-8-9-28-12-13(25)2)24-27-17(11-20-19(14)27)15-4-6-21-23-15/h4-7,10-11,13H,3,8-9,12H2,1-2H3,(H,21,23)/t13-/m1/s1. The van der Waals surface area contributed by atoms with Crippen LogP contribution in [-0.4, -0.2) is 60.4 Å². The summed E-state index contributed by atoms with van der Waals surface area (Å²) in [4.78, 5) is 6.97. The lowest BCUT2D eigenvalue weighted by Gasteiger charge is -2.34. The summed E-state index contributed by atoms with van der Waals surface area (Å²) in [5.41, 5.74) is 4.58. The fourth-order valence-corrected chi connectivity index (χ4v) is 3.75. The van der Waals surface area contributed by atoms with E-state index in [1.165, 1.54) is 0 Å². The van der Waals surface area contributed by atoms with Gasteiger partial charge in [-0.15, -0.1) is 5.10 Å². The average Bonchev–Trinajstić information content (AvgIpc) is 3.46. The van der Waals surface area contributed by atoms with E-state index in [1.54, 1.807) is 6.20 Å². The third-order valence-corrected chi connectivity index (χ3v) is 5.19. The van der Waals surface area contributed by atoms with Crippen molar-refractivity contribution in [3.8, 4) is 22.6 Å². The third kappa shape index (κ3) is 2.66. The maximum absolute atomic E-state index is 5.61. The van der Waals surface area contributed by atoms with E-state index in [4.69, 9.17) is 9.84 Å². The van der Waals surface area contributed by atoms with Gasteiger partial charge in [-0.1, -0.05) is 0 Å². The molecule has 144 valence electrons. The van der Waals surface area contributed by atoms with Crippen molar-refractivity contribution in [3.63, 3.8) is 0 Å². The Hall–Kier alpha value is -3.20. The minimum absolute atomic E-state index is 0.252. The highest BCUT2D eigenvalue weighted by atomic mass is 16.5. The van der Waals surface area contributed by atoms with Gasteiger partial charge < -0.3 is 9.64 Å². The van der Waals surface area contributed by atoms with E-state index in [0.717, 1.165) is 47.2 Å². The van der Waals surface area contributed by atoms with Crippen LogP contribution in [0.5, 0.6) is 0 Å². The molecule has 0 spiro atoms. The number of ether oxygens (including phenoxy) is 1. The minimum Gasteiger partial charge on any atom is -0.377 e. The Morgan fingerprint density at radius 1 is 1.25 bits per heavy atom. The van der Waals surface area contributed by atoms with Crippen molar-refractivity contribution >= 4 is 11.5 Å². The molecule has 9 heteroatoms. The molecule has 9 nitrogen and oxygen atoms in total. The van der Waals surface area contributed by atoms with Crippen LogP contribution in [0.2, 0.25) is 0 Å². The quantitative estimate of drug-likeness (QED) is 0.586. The predicted octanol–water partition coefficient (Wildman–Crippen LogP) is 2.23. The van der Waals surface area contributed by atoms with Gasteiger partial charge in [-0.25, -0.2) is 9.50 Å². The highest BCUT2D eigenvalue weighted by Gasteiger charge is 2.24. The number of aryl methyl sites for hydroxylation is 1. The van der Waals surface area contributed by atoms with Crippen LogP contribution in [0.25, 0.3) is 28.3 Å². The normalized spacial score (nSPS) is 17.5. The minimum atomic E-state index is 0.252. The van der Waals surface area contributed by atoms with Gasteiger partial charge >= 0.3 is 0 Å². The van der Waals surface area contributed by atoms with Gasteiger partial charge in [-0.2, -0.15) is 10.2 Å². The van der Waals surface area contributed by atoms with E-state index in [1.807, 2.05) is 33.7 Å². The first-order valence-corrected chi connectivity index (χ1v) is 9.51. The number of morpholine rings is 1. The molecule has 1 saturated heterocycles. The molecule has 1 aliphatic heterocycles. The van der Waals surface area contributed by atoms with Crippen LogP contribution in [0.4, 0.5) is 5.82 Å². The molecule has 28 heavy (non-hydrogen) atoms. The zero-order valence-electron chi connectivity index (χ0n) is 15.9. The van der Waals surface area contributed by atoms with Gasteiger partial charge in [0.1, 0.15) is 5.69 Å². The summed E-state index contributed by atoms with van der Waals surface area (Å²) in [5, 5.41) is 16.5. The molecule has 0 aromatic carbocycles. The lowest BCUT2D eigenvalue weighted by molar-refractivity contribution is 0.0984. The zero-order valence-corrected chi connectivity index (χ0v) is 15.9. The van der Waals surface area contributed by atoms with Gasteiger partial charge in [-0.05, 0) is 32.0 Å². The predicted molar refractivity (Wildman–Crippen MR) is 105 cm³/mol. The zero-order chi connectivity index (χ0) is 19.1. The summed E-state index contributed by atoms with van der Waals surface area (Å²) in [6.45, 7) is 7.23. The van der Waals surface area contributed by atoms with E-state index < -0.39 is 0 Å². The Kier molecular flexibility index (Phi) is 4.09. The first kappa shape index (κ1) is 16.9. The molecule has 5 rings (SSSR count). The molecule has 0 saturated carbocycles. The van der Waals surface area contributed by atoms with E-state index >= 15 is 0 Å². The molecular formula is C19H22N8O. The number of nitrogens with zero attached hydrogens (tertiary/aromatic N) is 7. The lowest BCUT2D eigenvalue weighted by atomic mass is 10.2. The number of aromatic amines is 1. The van der Waals surface area contributed by atoms with Crippen molar-refractivity contribution in [1.82, 2.24) is 34.6 Å². The van der Waals surface area contributed by atoms with Crippen LogP contribution >= 0.6 is 0 Å². The maximum Gasteiger partial charge on any atom is 0.163 e. The molecule has 5 heterocycles. The van der Waals surface area contributed by atoms with Gasteiger partial charge in [0.25, 0.3) is 0 Å². The van der Waals surface area contributed by atoms with Crippen molar-refractivity contribution in [3.05, 3.63) is 36.8 Å². The number of rotatable bonds is 4. The molecule has 1 N–H and O–H groups in total. The summed E-state index contributed by atoms with van der Waals surface area (Å²) < 4.78 is 9.49. The van der Waals surface area contributed by atoms with Gasteiger partial charge in [0.05, 0.1) is 36.8 Å². The Bertz CT molecular complexity index is 1100. The number of hydrogen-bond donors (Lipinski definition) is 1. The molecule has 0 radical (unpaired) electrons. The highest BCUT2D eigenvalue weighted by molar-refractivity contribution is 5.79. The number of hydrogen-bond acceptors (Lipinski definition) is 6. The molecule has 4 aromatic heterocycles. The second-order valence-electron chi connectivity index (χ2n) is 6.91. The Balaban J connectivity index is 1.75. The van der Waals surface area contributed by atoms with Crippen LogP contribution in [0, 0.1) is 0 Å². The number of aromatic nitrogens is 7. The second kappa shape index (κ2) is 6.75. The molecule has 0 bridgehead atoms. The smallest absolute Gasteiger partial charge is 0.163 e. The average molecular weight is 378 g/mol. The van der Waals surface area contributed by atoms with Crippen molar-refractivity contribution in [2.45, 2.75) is 26.4 Å². The van der Waals surface area contributed by atoms with Crippen LogP contribution < -0.4 is 4.90 Å². The fraction of sp³-hybridized carbons (Fsp3) is 0.368. The lowest BCUT2D eigenvalue weighted by Crippen LogP contribution is -2.44. The molecule has 0 aliphatic carbocycles. The maximum atomic E-state index is 5.61. The van der Waals surface area contributed by atoms with Crippen LogP contribution in [0.1, 0.15) is 13.8 Å². The summed E-state index contributed by atoms with van der Waals surface area (Å²) in [6, 6.07) is 6.31. The Labute approximate surface area is 161 Å². The van der Waals surface area contributed by atoms with E-state index in [-0.39, 0.29) is 6.04 Å².